The van der Waals surface area contributed by atoms with Gasteiger partial charge in [-0.25, -0.2) is 0 Å². The van der Waals surface area contributed by atoms with E-state index in [1.54, 1.807) is 0 Å². The molecule has 0 aliphatic carbocycles. The van der Waals surface area contributed by atoms with E-state index in [4.69, 9.17) is 0 Å². The van der Waals surface area contributed by atoms with Crippen LogP contribution in [-0.2, 0) is 6.54 Å². The Morgan fingerprint density at radius 1 is 1.04 bits per heavy atom. The average molecular weight is 386 g/mol. The van der Waals surface area contributed by atoms with Gasteiger partial charge in [-0.2, -0.15) is 5.10 Å². The van der Waals surface area contributed by atoms with Crippen LogP contribution in [0.3, 0.4) is 0 Å². The lowest BCUT2D eigenvalue weighted by atomic mass is 10.1. The van der Waals surface area contributed by atoms with Crippen LogP contribution < -0.4 is 0 Å². The molecule has 1 aliphatic rings. The maximum absolute atomic E-state index is 4.64. The summed E-state index contributed by atoms with van der Waals surface area (Å²) in [4.78, 5) is 2.52. The number of hydrogen-bond acceptors (Lipinski definition) is 3. The molecule has 0 spiro atoms. The molecule has 1 saturated heterocycles. The molecular weight excluding hydrogens is 362 g/mol. The smallest absolute Gasteiger partial charge is 0.0554 e. The summed E-state index contributed by atoms with van der Waals surface area (Å²) in [6.07, 6.45) is 1.95. The van der Waals surface area contributed by atoms with Crippen molar-refractivity contribution in [3.05, 3.63) is 69.2 Å². The van der Waals surface area contributed by atoms with Crippen molar-refractivity contribution in [2.45, 2.75) is 20.4 Å². The van der Waals surface area contributed by atoms with Crippen LogP contribution in [0, 0.1) is 13.8 Å². The zero-order chi connectivity index (χ0) is 16.9. The van der Waals surface area contributed by atoms with Gasteiger partial charge in [-0.15, -0.1) is 0 Å². The van der Waals surface area contributed by atoms with Gasteiger partial charge in [-0.1, -0.05) is 57.9 Å². The molecule has 2 aromatic carbocycles. The molecule has 1 aliphatic heterocycles. The number of hydrazone groups is 1. The first-order chi connectivity index (χ1) is 11.6. The zero-order valence-corrected chi connectivity index (χ0v) is 16.0. The molecule has 0 radical (unpaired) electrons. The van der Waals surface area contributed by atoms with Crippen molar-refractivity contribution in [1.29, 1.82) is 0 Å². The molecule has 0 unspecified atom stereocenters. The predicted octanol–water partition coefficient (Wildman–Crippen LogP) is 4.22. The highest BCUT2D eigenvalue weighted by atomic mass is 79.9. The number of piperazine rings is 1. The average Bonchev–Trinajstić information content (AvgIpc) is 2.58. The Morgan fingerprint density at radius 3 is 2.50 bits per heavy atom. The van der Waals surface area contributed by atoms with Gasteiger partial charge in [0.1, 0.15) is 0 Å². The van der Waals surface area contributed by atoms with Crippen LogP contribution in [0.2, 0.25) is 0 Å². The number of rotatable bonds is 4. The van der Waals surface area contributed by atoms with Crippen molar-refractivity contribution in [3.8, 4) is 0 Å². The van der Waals surface area contributed by atoms with Crippen LogP contribution in [0.25, 0.3) is 0 Å². The van der Waals surface area contributed by atoms with Crippen LogP contribution in [0.5, 0.6) is 0 Å². The number of benzene rings is 2. The summed E-state index contributed by atoms with van der Waals surface area (Å²) in [5.74, 6) is 0. The van der Waals surface area contributed by atoms with Crippen molar-refractivity contribution in [1.82, 2.24) is 9.91 Å². The topological polar surface area (TPSA) is 18.8 Å². The Kier molecular flexibility index (Phi) is 5.69. The molecule has 126 valence electrons. The summed E-state index contributed by atoms with van der Waals surface area (Å²) in [6.45, 7) is 9.46. The van der Waals surface area contributed by atoms with Crippen molar-refractivity contribution in [2.24, 2.45) is 5.10 Å². The molecule has 24 heavy (non-hydrogen) atoms. The fourth-order valence-corrected chi connectivity index (χ4v) is 3.39. The van der Waals surface area contributed by atoms with Crippen LogP contribution in [0.15, 0.2) is 52.0 Å². The largest absolute Gasteiger partial charge is 0.295 e. The van der Waals surface area contributed by atoms with Crippen LogP contribution in [0.1, 0.15) is 22.3 Å². The fraction of sp³-hybridized carbons (Fsp3) is 0.350. The highest BCUT2D eigenvalue weighted by Crippen LogP contribution is 2.16. The molecule has 0 saturated carbocycles. The molecule has 0 amide bonds. The van der Waals surface area contributed by atoms with Gasteiger partial charge in [-0.3, -0.25) is 9.91 Å². The molecule has 0 N–H and O–H groups in total. The number of aryl methyl sites for hydroxylation is 2. The lowest BCUT2D eigenvalue weighted by Crippen LogP contribution is -2.43. The molecule has 3 rings (SSSR count). The van der Waals surface area contributed by atoms with Crippen molar-refractivity contribution in [2.75, 3.05) is 26.2 Å². The third kappa shape index (κ3) is 4.46. The molecule has 0 atom stereocenters. The summed E-state index contributed by atoms with van der Waals surface area (Å²) in [5, 5.41) is 6.80. The zero-order valence-electron chi connectivity index (χ0n) is 14.4. The highest BCUT2D eigenvalue weighted by Gasteiger charge is 2.16. The molecule has 2 aromatic rings. The fourth-order valence-electron chi connectivity index (χ4n) is 3.00. The second-order valence-electron chi connectivity index (χ2n) is 6.43. The van der Waals surface area contributed by atoms with E-state index in [9.17, 15) is 0 Å². The van der Waals surface area contributed by atoms with Gasteiger partial charge in [0.25, 0.3) is 0 Å². The summed E-state index contributed by atoms with van der Waals surface area (Å²) in [6, 6.07) is 14.9. The first-order valence-electron chi connectivity index (χ1n) is 8.44. The van der Waals surface area contributed by atoms with Gasteiger partial charge in [0.2, 0.25) is 0 Å². The van der Waals surface area contributed by atoms with Crippen molar-refractivity contribution in [3.63, 3.8) is 0 Å². The highest BCUT2D eigenvalue weighted by molar-refractivity contribution is 9.10. The summed E-state index contributed by atoms with van der Waals surface area (Å²) in [7, 11) is 0. The Balaban J connectivity index is 1.53. The monoisotopic (exact) mass is 385 g/mol. The minimum atomic E-state index is 0.978. The summed E-state index contributed by atoms with van der Waals surface area (Å²) >= 11 is 3.56. The van der Waals surface area contributed by atoms with E-state index in [0.717, 1.165) is 42.8 Å². The molecule has 0 aromatic heterocycles. The molecule has 4 heteroatoms. The van der Waals surface area contributed by atoms with E-state index in [0.29, 0.717) is 0 Å². The third-order valence-corrected chi connectivity index (χ3v) is 5.23. The van der Waals surface area contributed by atoms with Crippen molar-refractivity contribution < 1.29 is 0 Å². The number of halogens is 1. The van der Waals surface area contributed by atoms with Crippen LogP contribution in [-0.4, -0.2) is 42.3 Å². The Hall–Kier alpha value is -1.65. The normalized spacial score (nSPS) is 16.0. The van der Waals surface area contributed by atoms with E-state index in [1.165, 1.54) is 16.7 Å². The van der Waals surface area contributed by atoms with Gasteiger partial charge in [0.15, 0.2) is 0 Å². The summed E-state index contributed by atoms with van der Waals surface area (Å²) in [5.41, 5.74) is 5.29. The number of nitrogens with zero attached hydrogens (tertiary/aromatic N) is 3. The minimum Gasteiger partial charge on any atom is -0.295 e. The van der Waals surface area contributed by atoms with Crippen LogP contribution in [0.4, 0.5) is 0 Å². The Labute approximate surface area is 153 Å². The molecule has 1 heterocycles. The standard InChI is InChI=1S/C20H24BrN3/c1-16-7-8-19(17(2)13-16)15-23-9-11-24(12-10-23)22-14-18-5-3-4-6-20(18)21/h3-8,13-14H,9-12,15H2,1-2H3. The van der Waals surface area contributed by atoms with E-state index < -0.39 is 0 Å². The molecule has 3 nitrogen and oxygen atoms in total. The lowest BCUT2D eigenvalue weighted by molar-refractivity contribution is 0.131. The van der Waals surface area contributed by atoms with Gasteiger partial charge in [0.05, 0.1) is 6.21 Å². The number of hydrogen-bond donors (Lipinski definition) is 0. The minimum absolute atomic E-state index is 0.978. The van der Waals surface area contributed by atoms with Gasteiger partial charge >= 0.3 is 0 Å². The predicted molar refractivity (Wildman–Crippen MR) is 105 cm³/mol. The second kappa shape index (κ2) is 7.95. The van der Waals surface area contributed by atoms with Crippen molar-refractivity contribution >= 4 is 22.1 Å². The van der Waals surface area contributed by atoms with E-state index in [2.05, 4.69) is 69.1 Å². The Morgan fingerprint density at radius 2 is 1.79 bits per heavy atom. The second-order valence-corrected chi connectivity index (χ2v) is 7.28. The van der Waals surface area contributed by atoms with E-state index in [-0.39, 0.29) is 0 Å². The van der Waals surface area contributed by atoms with Gasteiger partial charge in [0, 0.05) is 42.8 Å². The first kappa shape index (κ1) is 17.2. The first-order valence-corrected chi connectivity index (χ1v) is 9.23. The SMILES string of the molecule is Cc1ccc(CN2CCN(N=Cc3ccccc3Br)CC2)c(C)c1. The van der Waals surface area contributed by atoms with Gasteiger partial charge < -0.3 is 0 Å². The maximum Gasteiger partial charge on any atom is 0.0554 e. The Bertz CT molecular complexity index is 719. The quantitative estimate of drug-likeness (QED) is 0.733. The maximum atomic E-state index is 4.64. The lowest BCUT2D eigenvalue weighted by Gasteiger charge is -2.33. The molecular formula is C20H24BrN3. The third-order valence-electron chi connectivity index (χ3n) is 4.51. The van der Waals surface area contributed by atoms with E-state index in [1.807, 2.05) is 24.4 Å². The van der Waals surface area contributed by atoms with E-state index >= 15 is 0 Å². The molecule has 0 bridgehead atoms. The summed E-state index contributed by atoms with van der Waals surface area (Å²) < 4.78 is 1.09. The van der Waals surface area contributed by atoms with Gasteiger partial charge in [-0.05, 0) is 31.0 Å². The molecule has 1 fully saturated rings. The van der Waals surface area contributed by atoms with Crippen LogP contribution >= 0.6 is 15.9 Å².